The van der Waals surface area contributed by atoms with Gasteiger partial charge in [-0.2, -0.15) is 0 Å². The Balaban J connectivity index is 2.68. The van der Waals surface area contributed by atoms with Crippen LogP contribution in [0.15, 0.2) is 18.2 Å². The molecule has 2 N–H and O–H groups in total. The van der Waals surface area contributed by atoms with E-state index in [2.05, 4.69) is 5.32 Å². The molecule has 1 rings (SSSR count). The minimum absolute atomic E-state index is 0.102. The minimum Gasteiger partial charge on any atom is -0.500 e. The molecular weight excluding hydrogens is 295 g/mol. The lowest BCUT2D eigenvalue weighted by molar-refractivity contribution is -0.386. The number of halogens is 1. The molecule has 22 heavy (non-hydrogen) atoms. The lowest BCUT2D eigenvalue weighted by Crippen LogP contribution is -2.32. The Hall–Kier alpha value is -2.64. The van der Waals surface area contributed by atoms with Crippen molar-refractivity contribution in [3.05, 3.63) is 39.7 Å². The van der Waals surface area contributed by atoms with Gasteiger partial charge in [-0.15, -0.1) is 0 Å². The van der Waals surface area contributed by atoms with Crippen molar-refractivity contribution >= 4 is 17.9 Å². The molecule has 0 radical (unpaired) electrons. The highest BCUT2D eigenvalue weighted by Gasteiger charge is 2.18. The fourth-order valence-electron chi connectivity index (χ4n) is 1.49. The highest BCUT2D eigenvalue weighted by molar-refractivity contribution is 5.68. The summed E-state index contributed by atoms with van der Waals surface area (Å²) in [5, 5.41) is 22.3. The highest BCUT2D eigenvalue weighted by Crippen LogP contribution is 2.30. The number of nitro benzene ring substituents is 1. The monoisotopic (exact) mass is 312 g/mol. The zero-order valence-corrected chi connectivity index (χ0v) is 12.4. The third kappa shape index (κ3) is 5.39. The van der Waals surface area contributed by atoms with Gasteiger partial charge in [-0.25, -0.2) is 9.18 Å². The fraction of sp³-hybridized carbons (Fsp3) is 0.357. The highest BCUT2D eigenvalue weighted by atomic mass is 19.1. The van der Waals surface area contributed by atoms with Crippen molar-refractivity contribution in [2.24, 2.45) is 0 Å². The number of benzene rings is 1. The van der Waals surface area contributed by atoms with Crippen molar-refractivity contribution in [2.45, 2.75) is 26.4 Å². The molecule has 120 valence electrons. The van der Waals surface area contributed by atoms with Gasteiger partial charge in [0.1, 0.15) is 5.60 Å². The van der Waals surface area contributed by atoms with E-state index in [-0.39, 0.29) is 12.1 Å². The van der Waals surface area contributed by atoms with Crippen molar-refractivity contribution in [2.75, 3.05) is 6.54 Å². The number of nitro groups is 1. The first-order chi connectivity index (χ1) is 10.1. The van der Waals surface area contributed by atoms with Crippen LogP contribution in [0.2, 0.25) is 0 Å². The third-order valence-corrected chi connectivity index (χ3v) is 2.34. The number of nitrogens with zero attached hydrogens (tertiary/aromatic N) is 1. The number of rotatable bonds is 4. The number of hydrogen-bond acceptors (Lipinski definition) is 5. The van der Waals surface area contributed by atoms with Crippen LogP contribution in [0.1, 0.15) is 26.3 Å². The van der Waals surface area contributed by atoms with E-state index in [1.807, 2.05) is 0 Å². The summed E-state index contributed by atoms with van der Waals surface area (Å²) < 4.78 is 18.4. The number of aromatic hydroxyl groups is 1. The third-order valence-electron chi connectivity index (χ3n) is 2.34. The molecule has 1 amide bonds. The van der Waals surface area contributed by atoms with Gasteiger partial charge in [0, 0.05) is 12.6 Å². The van der Waals surface area contributed by atoms with E-state index in [0.717, 1.165) is 12.1 Å². The Morgan fingerprint density at radius 3 is 2.68 bits per heavy atom. The lowest BCUT2D eigenvalue weighted by Gasteiger charge is -2.19. The van der Waals surface area contributed by atoms with E-state index >= 15 is 0 Å². The van der Waals surface area contributed by atoms with Gasteiger partial charge in [0.15, 0.2) is 5.82 Å². The molecule has 1 aromatic rings. The van der Waals surface area contributed by atoms with Gasteiger partial charge in [0.25, 0.3) is 0 Å². The van der Waals surface area contributed by atoms with Crippen LogP contribution in [0.5, 0.6) is 5.75 Å². The van der Waals surface area contributed by atoms with Crippen molar-refractivity contribution < 1.29 is 24.0 Å². The van der Waals surface area contributed by atoms with Crippen LogP contribution in [0.3, 0.4) is 0 Å². The van der Waals surface area contributed by atoms with Crippen LogP contribution >= 0.6 is 0 Å². The number of carbonyl (C=O) groups excluding carboxylic acids is 1. The quantitative estimate of drug-likeness (QED) is 0.657. The van der Waals surface area contributed by atoms with Crippen molar-refractivity contribution in [1.29, 1.82) is 0 Å². The molecule has 0 aliphatic heterocycles. The van der Waals surface area contributed by atoms with E-state index in [0.29, 0.717) is 0 Å². The van der Waals surface area contributed by atoms with Gasteiger partial charge < -0.3 is 15.2 Å². The molecule has 7 nitrogen and oxygen atoms in total. The molecule has 0 heterocycles. The van der Waals surface area contributed by atoms with E-state index < -0.39 is 33.9 Å². The number of phenolic OH excluding ortho intramolecular Hbond substituents is 1. The number of carbonyl (C=O) groups is 1. The van der Waals surface area contributed by atoms with Crippen LogP contribution in [-0.4, -0.2) is 28.3 Å². The van der Waals surface area contributed by atoms with Gasteiger partial charge in [-0.3, -0.25) is 10.1 Å². The van der Waals surface area contributed by atoms with Crippen molar-refractivity contribution in [1.82, 2.24) is 5.32 Å². The number of amides is 1. The van der Waals surface area contributed by atoms with Crippen molar-refractivity contribution in [3.63, 3.8) is 0 Å². The summed E-state index contributed by atoms with van der Waals surface area (Å²) in [5.41, 5.74) is -1.15. The summed E-state index contributed by atoms with van der Waals surface area (Å²) in [6.07, 6.45) is 2.24. The normalized spacial score (nSPS) is 11.5. The fourth-order valence-corrected chi connectivity index (χ4v) is 1.49. The molecule has 0 aliphatic carbocycles. The molecule has 0 saturated carbocycles. The number of phenols is 1. The zero-order chi connectivity index (χ0) is 16.9. The Kier molecular flexibility index (Phi) is 5.44. The summed E-state index contributed by atoms with van der Waals surface area (Å²) in [6, 6.07) is 1.98. The maximum Gasteiger partial charge on any atom is 0.407 e. The van der Waals surface area contributed by atoms with Crippen LogP contribution in [0.4, 0.5) is 14.9 Å². The average molecular weight is 312 g/mol. The van der Waals surface area contributed by atoms with Crippen LogP contribution in [-0.2, 0) is 4.74 Å². The van der Waals surface area contributed by atoms with Crippen molar-refractivity contribution in [3.8, 4) is 5.75 Å². The predicted molar refractivity (Wildman–Crippen MR) is 78.0 cm³/mol. The number of alkyl carbamates (subject to hydrolysis) is 1. The molecule has 0 spiro atoms. The Bertz CT molecular complexity index is 608. The summed E-state index contributed by atoms with van der Waals surface area (Å²) in [5.74, 6) is -2.09. The van der Waals surface area contributed by atoms with Crippen LogP contribution in [0.25, 0.3) is 6.08 Å². The molecule has 0 unspecified atom stereocenters. The first-order valence-electron chi connectivity index (χ1n) is 6.40. The Morgan fingerprint density at radius 2 is 2.14 bits per heavy atom. The molecule has 0 atom stereocenters. The van der Waals surface area contributed by atoms with E-state index in [9.17, 15) is 24.4 Å². The van der Waals surface area contributed by atoms with Gasteiger partial charge in [0.05, 0.1) is 4.92 Å². The molecule has 0 aliphatic rings. The van der Waals surface area contributed by atoms with E-state index in [4.69, 9.17) is 4.74 Å². The molecular formula is C14H17FN2O5. The van der Waals surface area contributed by atoms with Gasteiger partial charge in [-0.05, 0) is 32.4 Å². The molecule has 8 heteroatoms. The maximum absolute atomic E-state index is 13.3. The standard InChI is InChI=1S/C14H17FN2O5/c1-14(2,3)22-13(19)16-6-4-5-9-7-10(15)12(18)11(8-9)17(20)21/h4-5,7-8,18H,6H2,1-3H3,(H,16,19). The summed E-state index contributed by atoms with van der Waals surface area (Å²) in [6.45, 7) is 5.27. The minimum atomic E-state index is -1.09. The SMILES string of the molecule is CC(C)(C)OC(=O)NCC=Cc1cc(F)c(O)c([N+](=O)[O-])c1. The smallest absolute Gasteiger partial charge is 0.407 e. The second kappa shape index (κ2) is 6.88. The van der Waals surface area contributed by atoms with E-state index in [1.54, 1.807) is 20.8 Å². The number of nitrogens with one attached hydrogen (secondary N) is 1. The lowest BCUT2D eigenvalue weighted by atomic mass is 10.1. The number of hydrogen-bond donors (Lipinski definition) is 2. The second-order valence-electron chi connectivity index (χ2n) is 5.41. The molecule has 1 aromatic carbocycles. The molecule has 0 fully saturated rings. The van der Waals surface area contributed by atoms with E-state index in [1.165, 1.54) is 12.2 Å². The van der Waals surface area contributed by atoms with Gasteiger partial charge in [-0.1, -0.05) is 12.2 Å². The Morgan fingerprint density at radius 1 is 1.50 bits per heavy atom. The number of ether oxygens (including phenoxy) is 1. The molecule has 0 aromatic heterocycles. The first-order valence-corrected chi connectivity index (χ1v) is 6.40. The molecule has 0 saturated heterocycles. The second-order valence-corrected chi connectivity index (χ2v) is 5.41. The van der Waals surface area contributed by atoms with Crippen LogP contribution in [0, 0.1) is 15.9 Å². The average Bonchev–Trinajstić information content (AvgIpc) is 2.36. The largest absolute Gasteiger partial charge is 0.500 e. The maximum atomic E-state index is 13.3. The molecule has 0 bridgehead atoms. The summed E-state index contributed by atoms with van der Waals surface area (Å²) in [7, 11) is 0. The summed E-state index contributed by atoms with van der Waals surface area (Å²) >= 11 is 0. The first kappa shape index (κ1) is 17.4. The predicted octanol–water partition coefficient (Wildman–Crippen LogP) is 2.98. The van der Waals surface area contributed by atoms with Gasteiger partial charge >= 0.3 is 11.8 Å². The topological polar surface area (TPSA) is 102 Å². The van der Waals surface area contributed by atoms with Crippen LogP contribution < -0.4 is 5.32 Å². The zero-order valence-electron chi connectivity index (χ0n) is 12.4. The Labute approximate surface area is 126 Å². The summed E-state index contributed by atoms with van der Waals surface area (Å²) in [4.78, 5) is 21.1. The van der Waals surface area contributed by atoms with Gasteiger partial charge in [0.2, 0.25) is 5.75 Å².